The third-order valence-electron chi connectivity index (χ3n) is 4.14. The van der Waals surface area contributed by atoms with Crippen LogP contribution in [0.3, 0.4) is 0 Å². The first kappa shape index (κ1) is 14.4. The molecule has 0 amide bonds. The molecular weight excluding hydrogens is 264 g/mol. The summed E-state index contributed by atoms with van der Waals surface area (Å²) < 4.78 is 5.89. The Morgan fingerprint density at radius 1 is 1.43 bits per heavy atom. The predicted molar refractivity (Wildman–Crippen MR) is 83.8 cm³/mol. The standard InChI is InChI=1S/C16H22N4O/c1-20-8-9-21-16(11-20)15(19-17)10-12-6-7-18-14-5-3-2-4-13(12)14/h2-7,15-16,19H,8-11,17H2,1H3. The fourth-order valence-corrected chi connectivity index (χ4v) is 2.92. The number of hydrogen-bond acceptors (Lipinski definition) is 5. The average Bonchev–Trinajstić information content (AvgIpc) is 2.52. The van der Waals surface area contributed by atoms with Crippen LogP contribution in [0.15, 0.2) is 36.5 Å². The molecule has 5 nitrogen and oxygen atoms in total. The molecule has 1 fully saturated rings. The number of nitrogens with two attached hydrogens (primary N) is 1. The third kappa shape index (κ3) is 3.22. The zero-order valence-electron chi connectivity index (χ0n) is 12.3. The Morgan fingerprint density at radius 3 is 3.10 bits per heavy atom. The summed E-state index contributed by atoms with van der Waals surface area (Å²) in [5.74, 6) is 5.78. The largest absolute Gasteiger partial charge is 0.374 e. The van der Waals surface area contributed by atoms with E-state index >= 15 is 0 Å². The van der Waals surface area contributed by atoms with Crippen molar-refractivity contribution in [3.63, 3.8) is 0 Å². The molecule has 1 aliphatic rings. The zero-order valence-corrected chi connectivity index (χ0v) is 12.3. The summed E-state index contributed by atoms with van der Waals surface area (Å²) in [6.45, 7) is 2.64. The van der Waals surface area contributed by atoms with Gasteiger partial charge in [-0.25, -0.2) is 0 Å². The first-order valence-corrected chi connectivity index (χ1v) is 7.37. The van der Waals surface area contributed by atoms with E-state index in [4.69, 9.17) is 10.6 Å². The van der Waals surface area contributed by atoms with Crippen LogP contribution in [0.4, 0.5) is 0 Å². The molecule has 2 heterocycles. The highest BCUT2D eigenvalue weighted by Gasteiger charge is 2.26. The molecule has 3 N–H and O–H groups in total. The van der Waals surface area contributed by atoms with Gasteiger partial charge < -0.3 is 9.64 Å². The molecule has 2 aromatic rings. The molecule has 3 rings (SSSR count). The Labute approximate surface area is 125 Å². The summed E-state index contributed by atoms with van der Waals surface area (Å²) in [5.41, 5.74) is 5.20. The predicted octanol–water partition coefficient (Wildman–Crippen LogP) is 0.940. The Balaban J connectivity index is 1.82. The average molecular weight is 286 g/mol. The fraction of sp³-hybridized carbons (Fsp3) is 0.438. The molecule has 1 aromatic carbocycles. The van der Waals surface area contributed by atoms with E-state index in [2.05, 4.69) is 34.5 Å². The summed E-state index contributed by atoms with van der Waals surface area (Å²) in [6, 6.07) is 10.4. The fourth-order valence-electron chi connectivity index (χ4n) is 2.92. The minimum Gasteiger partial charge on any atom is -0.374 e. The maximum atomic E-state index is 5.89. The molecule has 2 unspecified atom stereocenters. The van der Waals surface area contributed by atoms with Gasteiger partial charge in [0.2, 0.25) is 0 Å². The van der Waals surface area contributed by atoms with Gasteiger partial charge in [0.25, 0.3) is 0 Å². The van der Waals surface area contributed by atoms with Crippen molar-refractivity contribution in [2.45, 2.75) is 18.6 Å². The number of morpholine rings is 1. The van der Waals surface area contributed by atoms with Crippen LogP contribution >= 0.6 is 0 Å². The third-order valence-corrected chi connectivity index (χ3v) is 4.14. The van der Waals surface area contributed by atoms with Gasteiger partial charge in [-0.1, -0.05) is 18.2 Å². The molecule has 2 atom stereocenters. The summed E-state index contributed by atoms with van der Waals surface area (Å²) in [7, 11) is 2.12. The van der Waals surface area contributed by atoms with E-state index in [1.54, 1.807) is 0 Å². The van der Waals surface area contributed by atoms with Crippen LogP contribution in [0.2, 0.25) is 0 Å². The Kier molecular flexibility index (Phi) is 4.45. The van der Waals surface area contributed by atoms with E-state index in [0.717, 1.165) is 31.6 Å². The number of hydrazine groups is 1. The lowest BCUT2D eigenvalue weighted by Gasteiger charge is -2.35. The molecule has 0 bridgehead atoms. The van der Waals surface area contributed by atoms with Gasteiger partial charge in [0.1, 0.15) is 0 Å². The van der Waals surface area contributed by atoms with Gasteiger partial charge in [-0.2, -0.15) is 0 Å². The van der Waals surface area contributed by atoms with Crippen LogP contribution in [0.1, 0.15) is 5.56 Å². The highest BCUT2D eigenvalue weighted by Crippen LogP contribution is 2.19. The van der Waals surface area contributed by atoms with Gasteiger partial charge in [0, 0.05) is 24.7 Å². The number of hydrogen-bond donors (Lipinski definition) is 2. The molecule has 112 valence electrons. The second kappa shape index (κ2) is 6.49. The minimum atomic E-state index is 0.0959. The molecule has 0 radical (unpaired) electrons. The lowest BCUT2D eigenvalue weighted by Crippen LogP contribution is -2.54. The van der Waals surface area contributed by atoms with E-state index < -0.39 is 0 Å². The number of rotatable bonds is 4. The Hall–Kier alpha value is -1.53. The van der Waals surface area contributed by atoms with Crippen molar-refractivity contribution < 1.29 is 4.74 Å². The van der Waals surface area contributed by atoms with Crippen molar-refractivity contribution in [1.82, 2.24) is 15.3 Å². The number of nitrogens with zero attached hydrogens (tertiary/aromatic N) is 2. The zero-order chi connectivity index (χ0) is 14.7. The van der Waals surface area contributed by atoms with Gasteiger partial charge >= 0.3 is 0 Å². The molecule has 1 aliphatic heterocycles. The number of fused-ring (bicyclic) bond motifs is 1. The van der Waals surface area contributed by atoms with Crippen LogP contribution in [-0.4, -0.2) is 48.8 Å². The first-order valence-electron chi connectivity index (χ1n) is 7.37. The summed E-state index contributed by atoms with van der Waals surface area (Å²) in [4.78, 5) is 6.69. The van der Waals surface area contributed by atoms with Crippen LogP contribution in [0.5, 0.6) is 0 Å². The van der Waals surface area contributed by atoms with Crippen molar-refractivity contribution in [2.24, 2.45) is 5.84 Å². The van der Waals surface area contributed by atoms with Crippen molar-refractivity contribution in [2.75, 3.05) is 26.7 Å². The second-order valence-electron chi connectivity index (χ2n) is 5.64. The maximum Gasteiger partial charge on any atom is 0.0871 e. The Morgan fingerprint density at radius 2 is 2.29 bits per heavy atom. The summed E-state index contributed by atoms with van der Waals surface area (Å²) in [6.07, 6.45) is 2.80. The Bertz CT molecular complexity index is 598. The second-order valence-corrected chi connectivity index (χ2v) is 5.64. The first-order chi connectivity index (χ1) is 10.3. The van der Waals surface area contributed by atoms with Crippen LogP contribution in [0, 0.1) is 0 Å². The lowest BCUT2D eigenvalue weighted by atomic mass is 9.98. The molecule has 0 aliphatic carbocycles. The molecular formula is C16H22N4O. The van der Waals surface area contributed by atoms with E-state index in [1.165, 1.54) is 10.9 Å². The maximum absolute atomic E-state index is 5.89. The highest BCUT2D eigenvalue weighted by atomic mass is 16.5. The van der Waals surface area contributed by atoms with E-state index in [1.807, 2.05) is 24.4 Å². The smallest absolute Gasteiger partial charge is 0.0871 e. The monoisotopic (exact) mass is 286 g/mol. The lowest BCUT2D eigenvalue weighted by molar-refractivity contribution is -0.0384. The number of likely N-dealkylation sites (N-methyl/N-ethyl adjacent to an activating group) is 1. The molecule has 1 aromatic heterocycles. The van der Waals surface area contributed by atoms with Gasteiger partial charge in [-0.05, 0) is 31.2 Å². The van der Waals surface area contributed by atoms with Crippen LogP contribution in [-0.2, 0) is 11.2 Å². The molecule has 21 heavy (non-hydrogen) atoms. The van der Waals surface area contributed by atoms with Crippen molar-refractivity contribution >= 4 is 10.9 Å². The normalized spacial score (nSPS) is 21.5. The molecule has 0 saturated carbocycles. The molecule has 0 spiro atoms. The molecule has 5 heteroatoms. The number of benzene rings is 1. The van der Waals surface area contributed by atoms with Gasteiger partial charge in [0.05, 0.1) is 24.3 Å². The highest BCUT2D eigenvalue weighted by molar-refractivity contribution is 5.81. The van der Waals surface area contributed by atoms with Gasteiger partial charge in [-0.3, -0.25) is 16.3 Å². The topological polar surface area (TPSA) is 63.4 Å². The number of nitrogens with one attached hydrogen (secondary N) is 1. The summed E-state index contributed by atoms with van der Waals surface area (Å²) >= 11 is 0. The number of ether oxygens (including phenoxy) is 1. The van der Waals surface area contributed by atoms with E-state index in [9.17, 15) is 0 Å². The number of aromatic nitrogens is 1. The number of pyridine rings is 1. The van der Waals surface area contributed by atoms with Crippen LogP contribution in [0.25, 0.3) is 10.9 Å². The number of para-hydroxylation sites is 1. The van der Waals surface area contributed by atoms with Gasteiger partial charge in [0.15, 0.2) is 0 Å². The van der Waals surface area contributed by atoms with E-state index in [0.29, 0.717) is 0 Å². The van der Waals surface area contributed by atoms with E-state index in [-0.39, 0.29) is 12.1 Å². The molecule has 1 saturated heterocycles. The van der Waals surface area contributed by atoms with Crippen molar-refractivity contribution in [3.05, 3.63) is 42.1 Å². The quantitative estimate of drug-likeness (QED) is 0.647. The van der Waals surface area contributed by atoms with Gasteiger partial charge in [-0.15, -0.1) is 0 Å². The SMILES string of the molecule is CN1CCOC(C(Cc2ccnc3ccccc23)NN)C1. The van der Waals surface area contributed by atoms with Crippen molar-refractivity contribution in [1.29, 1.82) is 0 Å². The minimum absolute atomic E-state index is 0.0959. The van der Waals surface area contributed by atoms with Crippen LogP contribution < -0.4 is 11.3 Å². The van der Waals surface area contributed by atoms with Crippen molar-refractivity contribution in [3.8, 4) is 0 Å². The summed E-state index contributed by atoms with van der Waals surface area (Å²) in [5, 5.41) is 1.18.